The van der Waals surface area contributed by atoms with E-state index in [1.54, 1.807) is 20.8 Å². The highest BCUT2D eigenvalue weighted by Crippen LogP contribution is 2.56. The van der Waals surface area contributed by atoms with Crippen LogP contribution in [0.5, 0.6) is 0 Å². The van der Waals surface area contributed by atoms with E-state index in [-0.39, 0.29) is 27.2 Å². The van der Waals surface area contributed by atoms with E-state index in [1.165, 1.54) is 12.1 Å². The third-order valence-electron chi connectivity index (χ3n) is 10.3. The van der Waals surface area contributed by atoms with Crippen LogP contribution < -0.4 is 22.2 Å². The number of rotatable bonds is 8. The van der Waals surface area contributed by atoms with Crippen molar-refractivity contribution >= 4 is 21.5 Å². The molecule has 5 aromatic rings. The first kappa shape index (κ1) is 34.8. The van der Waals surface area contributed by atoms with Gasteiger partial charge in [0.15, 0.2) is 0 Å². The van der Waals surface area contributed by atoms with Crippen molar-refractivity contribution in [2.75, 3.05) is 0 Å². The summed E-state index contributed by atoms with van der Waals surface area (Å²) in [6, 6.07) is 9.45. The van der Waals surface area contributed by atoms with Gasteiger partial charge in [-0.25, -0.2) is 4.57 Å². The van der Waals surface area contributed by atoms with Crippen LogP contribution in [-0.2, 0) is 16.4 Å². The van der Waals surface area contributed by atoms with Crippen molar-refractivity contribution in [1.82, 2.24) is 9.13 Å². The molecule has 0 bridgehead atoms. The number of alkyl halides is 6. The number of benzene rings is 3. The zero-order chi connectivity index (χ0) is 35.8. The van der Waals surface area contributed by atoms with Gasteiger partial charge in [-0.05, 0) is 79.5 Å². The fourth-order valence-electron chi connectivity index (χ4n) is 6.54. The van der Waals surface area contributed by atoms with E-state index >= 15 is 0 Å². The Balaban J connectivity index is 1.69. The molecule has 0 N–H and O–H groups in total. The summed E-state index contributed by atoms with van der Waals surface area (Å²) in [7, 11) is 0. The van der Waals surface area contributed by atoms with Gasteiger partial charge in [-0.3, -0.25) is 23.7 Å². The standard InChI is InChI=1S/C36H34F6N2O4/c1-7-32(4,5)44-30(47)26-18-24-25(19-27(26)31(44)48)29(46)43(28(24)45)23-16-14-22(15-17-23)34(35(37,38)39,36(40,41)42)21-12-10-20(11-13-21)33(6,8-2)9-3/h10-19H,7-9H2,1-6H3. The first-order valence-corrected chi connectivity index (χ1v) is 15.5. The van der Waals surface area contributed by atoms with E-state index in [2.05, 4.69) is 0 Å². The zero-order valence-corrected chi connectivity index (χ0v) is 27.2. The Bertz CT molecular complexity index is 2140. The van der Waals surface area contributed by atoms with Crippen LogP contribution in [-0.4, -0.2) is 21.5 Å². The maximum Gasteiger partial charge on any atom is 0.411 e. The largest absolute Gasteiger partial charge is 0.411 e. The normalized spacial score (nSPS) is 13.6. The predicted molar refractivity (Wildman–Crippen MR) is 173 cm³/mol. The Kier molecular flexibility index (Phi) is 8.21. The monoisotopic (exact) mass is 672 g/mol. The number of hydrogen-bond donors (Lipinski definition) is 0. The summed E-state index contributed by atoms with van der Waals surface area (Å²) < 4.78 is 90.6. The maximum atomic E-state index is 14.8. The third kappa shape index (κ3) is 4.85. The third-order valence-corrected chi connectivity index (χ3v) is 10.3. The molecule has 0 unspecified atom stereocenters. The molecule has 6 nitrogen and oxygen atoms in total. The molecule has 0 saturated carbocycles. The van der Waals surface area contributed by atoms with Crippen LogP contribution in [0.1, 0.15) is 77.5 Å². The van der Waals surface area contributed by atoms with Crippen molar-refractivity contribution in [3.63, 3.8) is 0 Å². The Labute approximate surface area is 270 Å². The molecule has 3 aromatic carbocycles. The molecule has 0 radical (unpaired) electrons. The summed E-state index contributed by atoms with van der Waals surface area (Å²) in [5.41, 5.74) is -10.8. The van der Waals surface area contributed by atoms with Gasteiger partial charge < -0.3 is 0 Å². The second kappa shape index (κ2) is 11.3. The number of aromatic nitrogens is 2. The van der Waals surface area contributed by atoms with Gasteiger partial charge in [0.25, 0.3) is 22.2 Å². The molecule has 0 aliphatic carbocycles. The molecule has 254 valence electrons. The average molecular weight is 673 g/mol. The van der Waals surface area contributed by atoms with E-state index < -0.39 is 62.1 Å². The summed E-state index contributed by atoms with van der Waals surface area (Å²) in [6.45, 7) is 10.8. The summed E-state index contributed by atoms with van der Waals surface area (Å²) in [5, 5.41) is -0.594. The molecule has 0 atom stereocenters. The fourth-order valence-corrected chi connectivity index (χ4v) is 6.54. The molecule has 0 amide bonds. The van der Waals surface area contributed by atoms with E-state index in [9.17, 15) is 45.5 Å². The molecule has 2 heterocycles. The second-order valence-electron chi connectivity index (χ2n) is 13.1. The van der Waals surface area contributed by atoms with Crippen molar-refractivity contribution in [2.24, 2.45) is 0 Å². The highest BCUT2D eigenvalue weighted by molar-refractivity contribution is 5.98. The summed E-state index contributed by atoms with van der Waals surface area (Å²) in [5.74, 6) is 0. The highest BCUT2D eigenvalue weighted by Gasteiger charge is 2.72. The van der Waals surface area contributed by atoms with Gasteiger partial charge in [0, 0.05) is 5.54 Å². The van der Waals surface area contributed by atoms with Crippen molar-refractivity contribution in [3.8, 4) is 5.69 Å². The number of hydrogen-bond acceptors (Lipinski definition) is 4. The van der Waals surface area contributed by atoms with Gasteiger partial charge in [0.2, 0.25) is 5.41 Å². The van der Waals surface area contributed by atoms with Crippen LogP contribution in [0.2, 0.25) is 0 Å². The van der Waals surface area contributed by atoms with Crippen LogP contribution in [0.25, 0.3) is 27.2 Å². The average Bonchev–Trinajstić information content (AvgIpc) is 3.43. The number of nitrogens with zero attached hydrogens (tertiary/aromatic N) is 2. The molecule has 0 saturated heterocycles. The molecule has 0 spiro atoms. The van der Waals surface area contributed by atoms with E-state index in [1.807, 2.05) is 20.8 Å². The Hall–Kier alpha value is -4.48. The highest BCUT2D eigenvalue weighted by atomic mass is 19.4. The quantitative estimate of drug-likeness (QED) is 0.160. The van der Waals surface area contributed by atoms with Crippen molar-refractivity contribution < 1.29 is 26.3 Å². The second-order valence-corrected chi connectivity index (χ2v) is 13.1. The minimum absolute atomic E-state index is 0.0806. The first-order valence-electron chi connectivity index (χ1n) is 15.5. The van der Waals surface area contributed by atoms with Crippen LogP contribution >= 0.6 is 0 Å². The first-order chi connectivity index (χ1) is 22.2. The number of halogens is 6. The van der Waals surface area contributed by atoms with Gasteiger partial charge in [-0.2, -0.15) is 26.3 Å². The molecule has 48 heavy (non-hydrogen) atoms. The summed E-state index contributed by atoms with van der Waals surface area (Å²) in [6.07, 6.45) is -9.98. The molecule has 12 heteroatoms. The molecule has 0 aliphatic rings. The number of fused-ring (bicyclic) bond motifs is 2. The van der Waals surface area contributed by atoms with E-state index in [0.29, 0.717) is 41.5 Å². The van der Waals surface area contributed by atoms with Crippen molar-refractivity contribution in [1.29, 1.82) is 0 Å². The minimum Gasteiger partial charge on any atom is -0.269 e. The zero-order valence-electron chi connectivity index (χ0n) is 27.2. The van der Waals surface area contributed by atoms with Crippen LogP contribution in [0.15, 0.2) is 79.8 Å². The van der Waals surface area contributed by atoms with Gasteiger partial charge >= 0.3 is 12.4 Å². The maximum absolute atomic E-state index is 14.8. The molecule has 0 aliphatic heterocycles. The van der Waals surface area contributed by atoms with Gasteiger partial charge in [0.1, 0.15) is 0 Å². The topological polar surface area (TPSA) is 78.1 Å². The Morgan fingerprint density at radius 3 is 1.23 bits per heavy atom. The molecule has 2 aromatic heterocycles. The summed E-state index contributed by atoms with van der Waals surface area (Å²) in [4.78, 5) is 53.2. The minimum atomic E-state index is -5.83. The van der Waals surface area contributed by atoms with E-state index in [0.717, 1.165) is 41.0 Å². The van der Waals surface area contributed by atoms with Crippen LogP contribution in [0.4, 0.5) is 26.3 Å². The summed E-state index contributed by atoms with van der Waals surface area (Å²) >= 11 is 0. The van der Waals surface area contributed by atoms with Crippen molar-refractivity contribution in [2.45, 2.75) is 89.5 Å². The molecular formula is C36H34F6N2O4. The lowest BCUT2D eigenvalue weighted by Crippen LogP contribution is -2.54. The Morgan fingerprint density at radius 2 is 0.875 bits per heavy atom. The lowest BCUT2D eigenvalue weighted by Gasteiger charge is -2.39. The molecular weight excluding hydrogens is 638 g/mol. The van der Waals surface area contributed by atoms with Crippen molar-refractivity contribution in [3.05, 3.63) is 119 Å². The fraction of sp³-hybridized carbons (Fsp3) is 0.389. The van der Waals surface area contributed by atoms with Gasteiger partial charge in [0.05, 0.1) is 27.2 Å². The van der Waals surface area contributed by atoms with Gasteiger partial charge in [-0.1, -0.05) is 64.1 Å². The SMILES string of the molecule is CCC(C)(CC)c1ccc(C(c2ccc(-n3c(=O)c4cc5c(=O)n(C(C)(C)CC)c(=O)c5cc4c3=O)cc2)(C(F)(F)F)C(F)(F)F)cc1. The predicted octanol–water partition coefficient (Wildman–Crippen LogP) is 7.54. The lowest BCUT2D eigenvalue weighted by atomic mass is 9.71. The Morgan fingerprint density at radius 1 is 0.521 bits per heavy atom. The van der Waals surface area contributed by atoms with Gasteiger partial charge in [-0.15, -0.1) is 0 Å². The van der Waals surface area contributed by atoms with Crippen LogP contribution in [0, 0.1) is 0 Å². The van der Waals surface area contributed by atoms with E-state index in [4.69, 9.17) is 0 Å². The van der Waals surface area contributed by atoms with Crippen LogP contribution in [0.3, 0.4) is 0 Å². The lowest BCUT2D eigenvalue weighted by molar-refractivity contribution is -0.288. The molecule has 0 fully saturated rings. The molecule has 5 rings (SSSR count). The smallest absolute Gasteiger partial charge is 0.269 e.